The van der Waals surface area contributed by atoms with Gasteiger partial charge in [0.2, 0.25) is 5.91 Å². The molecule has 1 aromatic rings. The number of thioether (sulfide) groups is 1. The highest BCUT2D eigenvalue weighted by atomic mass is 32.2. The molecule has 0 spiro atoms. The van der Waals surface area contributed by atoms with Crippen LogP contribution in [0.4, 0.5) is 4.79 Å². The quantitative estimate of drug-likeness (QED) is 0.771. The van der Waals surface area contributed by atoms with Gasteiger partial charge in [-0.1, -0.05) is 32.9 Å². The number of amides is 3. The summed E-state index contributed by atoms with van der Waals surface area (Å²) in [5.74, 6) is 0.306. The fraction of sp³-hybridized carbons (Fsp3) is 0.421. The minimum atomic E-state index is -0.507. The number of nitrogens with one attached hydrogen (secondary N) is 1. The van der Waals surface area contributed by atoms with E-state index in [1.165, 1.54) is 0 Å². The third-order valence-electron chi connectivity index (χ3n) is 3.66. The number of imide groups is 1. The van der Waals surface area contributed by atoms with Crippen LogP contribution < -0.4 is 10.1 Å². The summed E-state index contributed by atoms with van der Waals surface area (Å²) in [6, 6.07) is 7.31. The fourth-order valence-corrected chi connectivity index (χ4v) is 3.08. The molecule has 26 heavy (non-hydrogen) atoms. The highest BCUT2D eigenvalue weighted by Gasteiger charge is 2.34. The van der Waals surface area contributed by atoms with E-state index in [2.05, 4.69) is 5.32 Å². The van der Waals surface area contributed by atoms with Crippen molar-refractivity contribution < 1.29 is 19.1 Å². The van der Waals surface area contributed by atoms with E-state index in [1.807, 2.05) is 52.0 Å². The molecule has 0 atom stereocenters. The van der Waals surface area contributed by atoms with E-state index in [-0.39, 0.29) is 30.1 Å². The Bertz CT molecular complexity index is 720. The number of benzene rings is 1. The van der Waals surface area contributed by atoms with Crippen molar-refractivity contribution in [1.29, 1.82) is 0 Å². The predicted octanol–water partition coefficient (Wildman–Crippen LogP) is 3.28. The van der Waals surface area contributed by atoms with Crippen LogP contribution in [0.3, 0.4) is 0 Å². The second-order valence-electron chi connectivity index (χ2n) is 6.84. The lowest BCUT2D eigenvalue weighted by Crippen LogP contribution is -2.41. The molecule has 1 aliphatic heterocycles. The van der Waals surface area contributed by atoms with E-state index < -0.39 is 5.41 Å². The number of hydrogen-bond donors (Lipinski definition) is 1. The normalized spacial score (nSPS) is 16.3. The largest absolute Gasteiger partial charge is 0.494 e. The maximum absolute atomic E-state index is 12.4. The maximum atomic E-state index is 12.4. The molecule has 140 valence electrons. The van der Waals surface area contributed by atoms with Gasteiger partial charge in [0, 0.05) is 18.5 Å². The van der Waals surface area contributed by atoms with Crippen LogP contribution >= 0.6 is 11.8 Å². The molecule has 0 bridgehead atoms. The predicted molar refractivity (Wildman–Crippen MR) is 103 cm³/mol. The number of carbonyl (C=O) groups excluding carboxylic acids is 3. The molecule has 3 amide bonds. The molecule has 1 N–H and O–H groups in total. The number of carbonyl (C=O) groups is 3. The Morgan fingerprint density at radius 1 is 1.23 bits per heavy atom. The molecule has 1 fully saturated rings. The Labute approximate surface area is 158 Å². The Kier molecular flexibility index (Phi) is 6.47. The van der Waals surface area contributed by atoms with Crippen LogP contribution in [-0.4, -0.2) is 41.6 Å². The van der Waals surface area contributed by atoms with Gasteiger partial charge < -0.3 is 10.1 Å². The van der Waals surface area contributed by atoms with Crippen molar-refractivity contribution in [2.24, 2.45) is 5.41 Å². The molecule has 1 saturated heterocycles. The Hall–Kier alpha value is -2.28. The SMILES string of the molecule is CCOc1ccc(/C=C2\SC(=O)N(CCNC(=O)C(C)(C)C)C2=O)cc1. The van der Waals surface area contributed by atoms with Gasteiger partial charge in [0.25, 0.3) is 11.1 Å². The van der Waals surface area contributed by atoms with Crippen LogP contribution in [0.25, 0.3) is 6.08 Å². The van der Waals surface area contributed by atoms with Crippen molar-refractivity contribution in [3.8, 4) is 5.75 Å². The topological polar surface area (TPSA) is 75.7 Å². The van der Waals surface area contributed by atoms with Gasteiger partial charge in [-0.15, -0.1) is 0 Å². The standard InChI is InChI=1S/C19H24N2O4S/c1-5-25-14-8-6-13(7-9-14)12-15-16(22)21(18(24)26-15)11-10-20-17(23)19(2,3)4/h6-9,12H,5,10-11H2,1-4H3,(H,20,23)/b15-12-. The smallest absolute Gasteiger partial charge is 0.293 e. The molecule has 0 radical (unpaired) electrons. The Morgan fingerprint density at radius 3 is 2.46 bits per heavy atom. The first kappa shape index (κ1) is 20.0. The number of hydrogen-bond acceptors (Lipinski definition) is 5. The van der Waals surface area contributed by atoms with E-state index in [4.69, 9.17) is 4.74 Å². The fourth-order valence-electron chi connectivity index (χ4n) is 2.22. The highest BCUT2D eigenvalue weighted by molar-refractivity contribution is 8.18. The van der Waals surface area contributed by atoms with Crippen LogP contribution in [-0.2, 0) is 9.59 Å². The highest BCUT2D eigenvalue weighted by Crippen LogP contribution is 2.32. The van der Waals surface area contributed by atoms with Crippen LogP contribution in [0.15, 0.2) is 29.2 Å². The summed E-state index contributed by atoms with van der Waals surface area (Å²) < 4.78 is 5.38. The second-order valence-corrected chi connectivity index (χ2v) is 7.83. The van der Waals surface area contributed by atoms with E-state index in [1.54, 1.807) is 6.08 Å². The zero-order valence-corrected chi connectivity index (χ0v) is 16.3. The Balaban J connectivity index is 1.98. The molecular formula is C19H24N2O4S. The molecule has 6 nitrogen and oxygen atoms in total. The van der Waals surface area contributed by atoms with Gasteiger partial charge in [0.15, 0.2) is 0 Å². The molecular weight excluding hydrogens is 352 g/mol. The van der Waals surface area contributed by atoms with Crippen LogP contribution in [0.2, 0.25) is 0 Å². The van der Waals surface area contributed by atoms with Gasteiger partial charge in [0.05, 0.1) is 11.5 Å². The molecule has 7 heteroatoms. The van der Waals surface area contributed by atoms with Crippen LogP contribution in [0, 0.1) is 5.41 Å². The zero-order chi connectivity index (χ0) is 19.3. The van der Waals surface area contributed by atoms with Crippen molar-refractivity contribution in [2.75, 3.05) is 19.7 Å². The average Bonchev–Trinajstić information content (AvgIpc) is 2.83. The summed E-state index contributed by atoms with van der Waals surface area (Å²) in [5.41, 5.74) is 0.312. The van der Waals surface area contributed by atoms with Crippen molar-refractivity contribution >= 4 is 34.9 Å². The van der Waals surface area contributed by atoms with E-state index >= 15 is 0 Å². The first-order valence-electron chi connectivity index (χ1n) is 8.49. The van der Waals surface area contributed by atoms with Gasteiger partial charge >= 0.3 is 0 Å². The first-order chi connectivity index (χ1) is 12.2. The van der Waals surface area contributed by atoms with Crippen LogP contribution in [0.5, 0.6) is 5.75 Å². The minimum Gasteiger partial charge on any atom is -0.494 e. The summed E-state index contributed by atoms with van der Waals surface area (Å²) >= 11 is 0.910. The van der Waals surface area contributed by atoms with E-state index in [0.29, 0.717) is 11.5 Å². The van der Waals surface area contributed by atoms with Gasteiger partial charge in [0.1, 0.15) is 5.75 Å². The summed E-state index contributed by atoms with van der Waals surface area (Å²) in [4.78, 5) is 37.9. The van der Waals surface area contributed by atoms with Crippen molar-refractivity contribution in [3.05, 3.63) is 34.7 Å². The Morgan fingerprint density at radius 2 is 1.88 bits per heavy atom. The molecule has 1 aromatic carbocycles. The van der Waals surface area contributed by atoms with E-state index in [0.717, 1.165) is 28.0 Å². The lowest BCUT2D eigenvalue weighted by atomic mass is 9.96. The molecule has 1 heterocycles. The first-order valence-corrected chi connectivity index (χ1v) is 9.30. The van der Waals surface area contributed by atoms with Gasteiger partial charge in [-0.2, -0.15) is 0 Å². The monoisotopic (exact) mass is 376 g/mol. The van der Waals surface area contributed by atoms with Crippen LogP contribution in [0.1, 0.15) is 33.3 Å². The maximum Gasteiger partial charge on any atom is 0.293 e. The molecule has 2 rings (SSSR count). The summed E-state index contributed by atoms with van der Waals surface area (Å²) in [7, 11) is 0. The van der Waals surface area contributed by atoms with Crippen molar-refractivity contribution in [3.63, 3.8) is 0 Å². The number of ether oxygens (including phenoxy) is 1. The number of nitrogens with zero attached hydrogens (tertiary/aromatic N) is 1. The van der Waals surface area contributed by atoms with Crippen molar-refractivity contribution in [2.45, 2.75) is 27.7 Å². The second kappa shape index (κ2) is 8.40. The zero-order valence-electron chi connectivity index (χ0n) is 15.5. The van der Waals surface area contributed by atoms with Gasteiger partial charge in [-0.05, 0) is 42.5 Å². The summed E-state index contributed by atoms with van der Waals surface area (Å²) in [6.45, 7) is 8.32. The molecule has 0 unspecified atom stereocenters. The number of rotatable bonds is 6. The lowest BCUT2D eigenvalue weighted by Gasteiger charge is -2.19. The molecule has 1 aliphatic rings. The molecule has 0 aromatic heterocycles. The van der Waals surface area contributed by atoms with E-state index in [9.17, 15) is 14.4 Å². The summed E-state index contributed by atoms with van der Waals surface area (Å²) in [6.07, 6.45) is 1.69. The van der Waals surface area contributed by atoms with Gasteiger partial charge in [-0.25, -0.2) is 0 Å². The lowest BCUT2D eigenvalue weighted by molar-refractivity contribution is -0.129. The minimum absolute atomic E-state index is 0.116. The third-order valence-corrected chi connectivity index (χ3v) is 4.57. The van der Waals surface area contributed by atoms with Crippen molar-refractivity contribution in [1.82, 2.24) is 10.2 Å². The average molecular weight is 376 g/mol. The molecule has 0 aliphatic carbocycles. The van der Waals surface area contributed by atoms with Gasteiger partial charge in [-0.3, -0.25) is 19.3 Å². The summed E-state index contributed by atoms with van der Waals surface area (Å²) in [5, 5.41) is 2.42. The third kappa shape index (κ3) is 5.11. The molecule has 0 saturated carbocycles.